The summed E-state index contributed by atoms with van der Waals surface area (Å²) in [7, 11) is 0. The molecule has 0 heterocycles. The number of nitrogens with one attached hydrogen (secondary N) is 2. The van der Waals surface area contributed by atoms with E-state index in [0.717, 1.165) is 0 Å². The molecule has 0 unspecified atom stereocenters. The van der Waals surface area contributed by atoms with E-state index in [9.17, 15) is 19.2 Å². The molecule has 6 N–H and O–H groups in total. The van der Waals surface area contributed by atoms with Gasteiger partial charge in [0.05, 0.1) is 12.8 Å². The number of nitrogens with zero attached hydrogens (tertiary/aromatic N) is 2. The maximum atomic E-state index is 12.3. The molecule has 2 aromatic carbocycles. The molecular formula is C29H34N6O6. The van der Waals surface area contributed by atoms with E-state index >= 15 is 0 Å². The van der Waals surface area contributed by atoms with E-state index in [1.165, 1.54) is 0 Å². The SMILES string of the molecule is C=CCCC(=O)O/N=C(\N)c1ccc(NC(=O)CCCC(=O)Nc2ccc(/C(N)=N/OC(=O)CCC=C)cc2)cc1. The van der Waals surface area contributed by atoms with Crippen molar-refractivity contribution in [1.82, 2.24) is 0 Å². The zero-order valence-electron chi connectivity index (χ0n) is 22.6. The first-order valence-electron chi connectivity index (χ1n) is 12.8. The van der Waals surface area contributed by atoms with Crippen molar-refractivity contribution in [2.75, 3.05) is 10.6 Å². The topological polar surface area (TPSA) is 188 Å². The quantitative estimate of drug-likeness (QED) is 0.0783. The highest BCUT2D eigenvalue weighted by Crippen LogP contribution is 2.13. The Morgan fingerprint density at radius 1 is 0.659 bits per heavy atom. The minimum atomic E-state index is -0.518. The highest BCUT2D eigenvalue weighted by atomic mass is 16.7. The number of oxime groups is 2. The molecule has 2 amide bonds. The van der Waals surface area contributed by atoms with Gasteiger partial charge in [-0.25, -0.2) is 9.59 Å². The van der Waals surface area contributed by atoms with Gasteiger partial charge in [-0.15, -0.1) is 13.2 Å². The zero-order chi connectivity index (χ0) is 30.0. The van der Waals surface area contributed by atoms with Crippen LogP contribution in [-0.2, 0) is 28.9 Å². The maximum absolute atomic E-state index is 12.3. The highest BCUT2D eigenvalue weighted by molar-refractivity contribution is 5.99. The number of hydrogen-bond acceptors (Lipinski definition) is 8. The number of amides is 2. The fourth-order valence-electron chi connectivity index (χ4n) is 3.14. The van der Waals surface area contributed by atoms with Crippen LogP contribution in [0.2, 0.25) is 0 Å². The van der Waals surface area contributed by atoms with Crippen molar-refractivity contribution >= 4 is 46.8 Å². The van der Waals surface area contributed by atoms with Gasteiger partial charge >= 0.3 is 11.9 Å². The van der Waals surface area contributed by atoms with Gasteiger partial charge in [-0.05, 0) is 67.8 Å². The predicted molar refractivity (Wildman–Crippen MR) is 156 cm³/mol. The monoisotopic (exact) mass is 562 g/mol. The first-order chi connectivity index (χ1) is 19.7. The molecule has 0 spiro atoms. The van der Waals surface area contributed by atoms with E-state index < -0.39 is 11.9 Å². The van der Waals surface area contributed by atoms with Crippen molar-refractivity contribution in [3.8, 4) is 0 Å². The lowest BCUT2D eigenvalue weighted by atomic mass is 10.1. The van der Waals surface area contributed by atoms with E-state index in [1.807, 2.05) is 0 Å². The molecule has 12 heteroatoms. The summed E-state index contributed by atoms with van der Waals surface area (Å²) in [5.41, 5.74) is 13.8. The highest BCUT2D eigenvalue weighted by Gasteiger charge is 2.09. The Morgan fingerprint density at radius 2 is 1.02 bits per heavy atom. The van der Waals surface area contributed by atoms with Crippen molar-refractivity contribution < 1.29 is 28.9 Å². The van der Waals surface area contributed by atoms with Gasteiger partial charge in [0, 0.05) is 35.3 Å². The summed E-state index contributed by atoms with van der Waals surface area (Å²) in [6.45, 7) is 7.06. The fourth-order valence-corrected chi connectivity index (χ4v) is 3.14. The maximum Gasteiger partial charge on any atom is 0.335 e. The lowest BCUT2D eigenvalue weighted by molar-refractivity contribution is -0.144. The van der Waals surface area contributed by atoms with Crippen molar-refractivity contribution in [1.29, 1.82) is 0 Å². The van der Waals surface area contributed by atoms with Crippen LogP contribution in [0, 0.1) is 0 Å². The van der Waals surface area contributed by atoms with Crippen LogP contribution in [0.15, 0.2) is 84.2 Å². The summed E-state index contributed by atoms with van der Waals surface area (Å²) in [5, 5.41) is 12.7. The Labute approximate surface area is 238 Å². The van der Waals surface area contributed by atoms with E-state index in [-0.39, 0.29) is 49.2 Å². The smallest absolute Gasteiger partial charge is 0.335 e. The predicted octanol–water partition coefficient (Wildman–Crippen LogP) is 3.69. The third-order valence-electron chi connectivity index (χ3n) is 5.33. The first kappa shape index (κ1) is 32.0. The summed E-state index contributed by atoms with van der Waals surface area (Å²) in [4.78, 5) is 57.0. The van der Waals surface area contributed by atoms with Crippen LogP contribution in [0.1, 0.15) is 56.1 Å². The first-order valence-corrected chi connectivity index (χ1v) is 12.8. The lowest BCUT2D eigenvalue weighted by Gasteiger charge is -2.08. The molecule has 0 atom stereocenters. The molecule has 0 saturated carbocycles. The van der Waals surface area contributed by atoms with Crippen molar-refractivity contribution in [2.24, 2.45) is 21.8 Å². The van der Waals surface area contributed by atoms with Gasteiger partial charge in [0.2, 0.25) is 11.8 Å². The molecular weight excluding hydrogens is 528 g/mol. The largest absolute Gasteiger partial charge is 0.380 e. The Hall–Kier alpha value is -5.26. The summed E-state index contributed by atoms with van der Waals surface area (Å²) < 4.78 is 0. The van der Waals surface area contributed by atoms with Crippen molar-refractivity contribution in [2.45, 2.75) is 44.9 Å². The van der Waals surface area contributed by atoms with Crippen LogP contribution in [0.3, 0.4) is 0 Å². The second kappa shape index (κ2) is 17.4. The Morgan fingerprint density at radius 3 is 1.37 bits per heavy atom. The van der Waals surface area contributed by atoms with Crippen LogP contribution in [0.25, 0.3) is 0 Å². The zero-order valence-corrected chi connectivity index (χ0v) is 22.6. The number of benzene rings is 2. The molecule has 0 aliphatic rings. The number of hydrogen-bond donors (Lipinski definition) is 4. The van der Waals surface area contributed by atoms with Gasteiger partial charge in [-0.3, -0.25) is 9.59 Å². The lowest BCUT2D eigenvalue weighted by Crippen LogP contribution is -2.17. The average molecular weight is 563 g/mol. The minimum Gasteiger partial charge on any atom is -0.380 e. The van der Waals surface area contributed by atoms with Crippen LogP contribution >= 0.6 is 0 Å². The van der Waals surface area contributed by atoms with Gasteiger partial charge in [0.15, 0.2) is 11.7 Å². The molecule has 0 aliphatic heterocycles. The average Bonchev–Trinajstić information content (AvgIpc) is 2.97. The van der Waals surface area contributed by atoms with Gasteiger partial charge in [0.25, 0.3) is 0 Å². The minimum absolute atomic E-state index is 0.0208. The summed E-state index contributed by atoms with van der Waals surface area (Å²) in [6.07, 6.45) is 5.08. The van der Waals surface area contributed by atoms with Crippen molar-refractivity contribution in [3.63, 3.8) is 0 Å². The number of amidine groups is 2. The van der Waals surface area contributed by atoms with Crippen molar-refractivity contribution in [3.05, 3.63) is 85.0 Å². The summed E-state index contributed by atoms with van der Waals surface area (Å²) in [6, 6.07) is 13.0. The van der Waals surface area contributed by atoms with Gasteiger partial charge in [-0.1, -0.05) is 22.5 Å². The Bertz CT molecular complexity index is 1190. The normalized spacial score (nSPS) is 11.2. The molecule has 0 aromatic heterocycles. The van der Waals surface area contributed by atoms with E-state index in [0.29, 0.717) is 41.8 Å². The molecule has 2 aromatic rings. The van der Waals surface area contributed by atoms with E-state index in [4.69, 9.17) is 21.1 Å². The fraction of sp³-hybridized carbons (Fsp3) is 0.241. The standard InChI is InChI=1S/C29H34N6O6/c1-3-5-10-26(38)40-34-28(30)20-12-16-22(17-13-20)32-24(36)8-7-9-25(37)33-23-18-14-21(15-19-23)29(31)35-41-27(39)11-6-4-2/h3-4,12-19H,1-2,5-11H2,(H2,30,34)(H2,31,35)(H,32,36)(H,33,37). The molecule has 2 rings (SSSR count). The molecule has 0 aliphatic carbocycles. The third-order valence-corrected chi connectivity index (χ3v) is 5.33. The summed E-state index contributed by atoms with van der Waals surface area (Å²) >= 11 is 0. The van der Waals surface area contributed by atoms with Gasteiger partial charge in [0.1, 0.15) is 0 Å². The third kappa shape index (κ3) is 12.4. The van der Waals surface area contributed by atoms with Crippen LogP contribution in [-0.4, -0.2) is 35.4 Å². The van der Waals surface area contributed by atoms with E-state index in [2.05, 4.69) is 34.1 Å². The van der Waals surface area contributed by atoms with Crippen LogP contribution < -0.4 is 22.1 Å². The molecule has 41 heavy (non-hydrogen) atoms. The molecule has 0 bridgehead atoms. The van der Waals surface area contributed by atoms with Gasteiger partial charge in [-0.2, -0.15) is 0 Å². The molecule has 0 radical (unpaired) electrons. The van der Waals surface area contributed by atoms with Crippen LogP contribution in [0.4, 0.5) is 11.4 Å². The van der Waals surface area contributed by atoms with Crippen LogP contribution in [0.5, 0.6) is 0 Å². The van der Waals surface area contributed by atoms with E-state index in [1.54, 1.807) is 60.7 Å². The Balaban J connectivity index is 1.73. The number of carbonyl (C=O) groups is 4. The number of allylic oxidation sites excluding steroid dienone is 2. The molecule has 0 saturated heterocycles. The number of anilines is 2. The Kier molecular flexibility index (Phi) is 13.5. The molecule has 12 nitrogen and oxygen atoms in total. The second-order valence-corrected chi connectivity index (χ2v) is 8.64. The number of carbonyl (C=O) groups excluding carboxylic acids is 4. The number of rotatable bonds is 16. The molecule has 0 fully saturated rings. The molecule has 216 valence electrons. The number of nitrogens with two attached hydrogens (primary N) is 2. The summed E-state index contributed by atoms with van der Waals surface area (Å²) in [5.74, 6) is -1.51. The second-order valence-electron chi connectivity index (χ2n) is 8.64. The van der Waals surface area contributed by atoms with Gasteiger partial charge < -0.3 is 31.8 Å².